The van der Waals surface area contributed by atoms with Crippen LogP contribution in [0.15, 0.2) is 54.2 Å². The van der Waals surface area contributed by atoms with Crippen molar-refractivity contribution in [2.24, 2.45) is 0 Å². The number of hydrogen-bond acceptors (Lipinski definition) is 9. The van der Waals surface area contributed by atoms with Crippen LogP contribution in [-0.4, -0.2) is 52.6 Å². The van der Waals surface area contributed by atoms with E-state index in [-0.39, 0.29) is 39.9 Å². The number of benzene rings is 2. The number of carbonyl (C=O) groups is 3. The topological polar surface area (TPSA) is 122 Å². The summed E-state index contributed by atoms with van der Waals surface area (Å²) in [5.41, 5.74) is 0.315. The maximum Gasteiger partial charge on any atom is 0.339 e. The highest BCUT2D eigenvalue weighted by atomic mass is 35.5. The first-order chi connectivity index (χ1) is 17.8. The number of methoxy groups -OCH3 is 2. The van der Waals surface area contributed by atoms with Gasteiger partial charge in [0.15, 0.2) is 11.0 Å². The van der Waals surface area contributed by atoms with Crippen molar-refractivity contribution in [1.82, 2.24) is 14.8 Å². The summed E-state index contributed by atoms with van der Waals surface area (Å²) < 4.78 is 30.0. The Morgan fingerprint density at radius 1 is 1.14 bits per heavy atom. The van der Waals surface area contributed by atoms with Crippen LogP contribution in [0.3, 0.4) is 0 Å². The molecule has 1 N–H and O–H groups in total. The third kappa shape index (κ3) is 7.08. The predicted molar refractivity (Wildman–Crippen MR) is 134 cm³/mol. The van der Waals surface area contributed by atoms with Crippen LogP contribution < -0.4 is 10.1 Å². The minimum atomic E-state index is -0.684. The van der Waals surface area contributed by atoms with Gasteiger partial charge >= 0.3 is 11.9 Å². The number of hydrogen-bond donors (Lipinski definition) is 1. The molecule has 0 aliphatic carbocycles. The Balaban J connectivity index is 1.71. The third-order valence-electron chi connectivity index (χ3n) is 4.81. The van der Waals surface area contributed by atoms with Gasteiger partial charge in [-0.15, -0.1) is 16.8 Å². The van der Waals surface area contributed by atoms with Crippen molar-refractivity contribution in [2.45, 2.75) is 18.3 Å². The quantitative estimate of drug-likeness (QED) is 0.214. The lowest BCUT2D eigenvalue weighted by molar-refractivity contribution is -0.113. The number of halogens is 2. The van der Waals surface area contributed by atoms with Crippen LogP contribution in [0.25, 0.3) is 0 Å². The largest absolute Gasteiger partial charge is 0.484 e. The second-order valence-corrected chi connectivity index (χ2v) is 8.59. The lowest BCUT2D eigenvalue weighted by atomic mass is 10.1. The monoisotopic (exact) mass is 548 g/mol. The summed E-state index contributed by atoms with van der Waals surface area (Å²) in [5, 5.41) is 11.4. The normalized spacial score (nSPS) is 10.5. The van der Waals surface area contributed by atoms with Crippen LogP contribution in [-0.2, 0) is 27.4 Å². The highest BCUT2D eigenvalue weighted by Crippen LogP contribution is 2.26. The van der Waals surface area contributed by atoms with E-state index in [2.05, 4.69) is 22.1 Å². The van der Waals surface area contributed by atoms with Crippen molar-refractivity contribution in [1.29, 1.82) is 0 Å². The predicted octanol–water partition coefficient (Wildman–Crippen LogP) is 4.14. The van der Waals surface area contributed by atoms with Gasteiger partial charge in [0.2, 0.25) is 5.91 Å². The number of aromatic nitrogens is 3. The zero-order valence-corrected chi connectivity index (χ0v) is 21.4. The number of amides is 1. The molecule has 0 fully saturated rings. The minimum Gasteiger partial charge on any atom is -0.484 e. The molecule has 0 aliphatic heterocycles. The molecule has 0 saturated heterocycles. The number of carbonyl (C=O) groups excluding carboxylic acids is 3. The van der Waals surface area contributed by atoms with Crippen molar-refractivity contribution in [3.63, 3.8) is 0 Å². The van der Waals surface area contributed by atoms with Gasteiger partial charge in [-0.3, -0.25) is 9.36 Å². The highest BCUT2D eigenvalue weighted by molar-refractivity contribution is 7.99. The van der Waals surface area contributed by atoms with E-state index in [1.54, 1.807) is 10.6 Å². The molecule has 1 heterocycles. The van der Waals surface area contributed by atoms with Gasteiger partial charge in [0, 0.05) is 6.54 Å². The molecule has 0 spiro atoms. The number of ether oxygens (including phenoxy) is 3. The van der Waals surface area contributed by atoms with Crippen LogP contribution in [0, 0.1) is 5.82 Å². The molecule has 194 valence electrons. The minimum absolute atomic E-state index is 0.0121. The van der Waals surface area contributed by atoms with Crippen molar-refractivity contribution in [2.75, 3.05) is 25.3 Å². The van der Waals surface area contributed by atoms with E-state index in [0.717, 1.165) is 17.8 Å². The summed E-state index contributed by atoms with van der Waals surface area (Å²) in [7, 11) is 2.42. The molecule has 0 atom stereocenters. The molecule has 3 rings (SSSR count). The Hall–Kier alpha value is -3.90. The van der Waals surface area contributed by atoms with Crippen molar-refractivity contribution in [3.8, 4) is 5.75 Å². The SMILES string of the molecule is C=CCn1c(COc2ccc(F)cc2Cl)nnc1SCC(=O)Nc1cc(C(=O)OC)ccc1C(=O)OC. The van der Waals surface area contributed by atoms with Crippen LogP contribution in [0.2, 0.25) is 5.02 Å². The van der Waals surface area contributed by atoms with Gasteiger partial charge in [0.25, 0.3) is 0 Å². The number of rotatable bonds is 11. The molecule has 1 amide bonds. The molecular weight excluding hydrogens is 527 g/mol. The molecule has 0 saturated carbocycles. The number of nitrogens with zero attached hydrogens (tertiary/aromatic N) is 3. The second kappa shape index (κ2) is 12.9. The average molecular weight is 549 g/mol. The second-order valence-electron chi connectivity index (χ2n) is 7.24. The molecule has 0 aliphatic rings. The molecule has 10 nitrogen and oxygen atoms in total. The van der Waals surface area contributed by atoms with Gasteiger partial charge in [0.05, 0.1) is 41.8 Å². The first-order valence-electron chi connectivity index (χ1n) is 10.6. The molecule has 37 heavy (non-hydrogen) atoms. The Bertz CT molecular complexity index is 1330. The van der Waals surface area contributed by atoms with Gasteiger partial charge in [-0.25, -0.2) is 14.0 Å². The maximum atomic E-state index is 13.3. The fourth-order valence-electron chi connectivity index (χ4n) is 3.08. The van der Waals surface area contributed by atoms with Gasteiger partial charge in [-0.1, -0.05) is 29.4 Å². The van der Waals surface area contributed by atoms with E-state index < -0.39 is 23.7 Å². The van der Waals surface area contributed by atoms with Crippen LogP contribution in [0.1, 0.15) is 26.5 Å². The Labute approximate surface area is 220 Å². The zero-order valence-electron chi connectivity index (χ0n) is 19.8. The molecule has 3 aromatic rings. The van der Waals surface area contributed by atoms with Gasteiger partial charge in [-0.05, 0) is 36.4 Å². The Morgan fingerprint density at radius 2 is 1.89 bits per heavy atom. The number of esters is 2. The maximum absolute atomic E-state index is 13.3. The molecule has 1 aromatic heterocycles. The third-order valence-corrected chi connectivity index (χ3v) is 6.07. The van der Waals surface area contributed by atoms with Crippen molar-refractivity contribution in [3.05, 3.63) is 76.8 Å². The van der Waals surface area contributed by atoms with Crippen LogP contribution >= 0.6 is 23.4 Å². The summed E-state index contributed by atoms with van der Waals surface area (Å²) in [6, 6.07) is 7.85. The van der Waals surface area contributed by atoms with Crippen LogP contribution in [0.5, 0.6) is 5.75 Å². The Morgan fingerprint density at radius 3 is 2.57 bits per heavy atom. The first kappa shape index (κ1) is 27.7. The van der Waals surface area contributed by atoms with E-state index in [9.17, 15) is 18.8 Å². The van der Waals surface area contributed by atoms with E-state index in [1.807, 2.05) is 0 Å². The van der Waals surface area contributed by atoms with E-state index in [0.29, 0.717) is 17.5 Å². The van der Waals surface area contributed by atoms with Gasteiger partial charge < -0.3 is 19.5 Å². The summed E-state index contributed by atoms with van der Waals surface area (Å²) in [4.78, 5) is 36.7. The molecule has 2 aromatic carbocycles. The van der Waals surface area contributed by atoms with Gasteiger partial charge in [-0.2, -0.15) is 0 Å². The lowest BCUT2D eigenvalue weighted by Crippen LogP contribution is -2.18. The van der Waals surface area contributed by atoms with Crippen molar-refractivity contribution >= 4 is 46.9 Å². The number of anilines is 1. The Kier molecular flexibility index (Phi) is 9.64. The lowest BCUT2D eigenvalue weighted by Gasteiger charge is -2.12. The fraction of sp³-hybridized carbons (Fsp3) is 0.208. The molecule has 0 radical (unpaired) electrons. The summed E-state index contributed by atoms with van der Waals surface area (Å²) >= 11 is 7.09. The first-order valence-corrected chi connectivity index (χ1v) is 12.0. The van der Waals surface area contributed by atoms with E-state index >= 15 is 0 Å². The molecule has 0 unspecified atom stereocenters. The molecule has 13 heteroatoms. The summed E-state index contributed by atoms with van der Waals surface area (Å²) in [6.07, 6.45) is 1.63. The van der Waals surface area contributed by atoms with Crippen molar-refractivity contribution < 1.29 is 33.0 Å². The van der Waals surface area contributed by atoms with Crippen LogP contribution in [0.4, 0.5) is 10.1 Å². The van der Waals surface area contributed by atoms with E-state index in [4.69, 9.17) is 25.8 Å². The summed E-state index contributed by atoms with van der Waals surface area (Å²) in [5.74, 6) is -1.65. The number of nitrogens with one attached hydrogen (secondary N) is 1. The zero-order chi connectivity index (χ0) is 26.9. The van der Waals surface area contributed by atoms with E-state index in [1.165, 1.54) is 44.6 Å². The molecule has 0 bridgehead atoms. The highest BCUT2D eigenvalue weighted by Gasteiger charge is 2.19. The standard InChI is InChI=1S/C24H22ClFN4O6S/c1-4-9-30-20(12-36-19-8-6-15(26)11-17(19)25)28-29-24(30)37-13-21(31)27-18-10-14(22(32)34-2)5-7-16(18)23(33)35-3/h4-8,10-11H,1,9,12-13H2,2-3H3,(H,27,31). The number of allylic oxidation sites excluding steroid dienone is 1. The van der Waals surface area contributed by atoms with Gasteiger partial charge in [0.1, 0.15) is 18.2 Å². The molecular formula is C24H22ClFN4O6S. The number of thioether (sulfide) groups is 1. The fourth-order valence-corrected chi connectivity index (χ4v) is 4.06. The summed E-state index contributed by atoms with van der Waals surface area (Å²) in [6.45, 7) is 4.05. The average Bonchev–Trinajstić information content (AvgIpc) is 3.27. The smallest absolute Gasteiger partial charge is 0.339 e.